The average Bonchev–Trinajstić information content (AvgIpc) is 2.99. The smallest absolute Gasteiger partial charge is 0.313 e. The summed E-state index contributed by atoms with van der Waals surface area (Å²) in [4.78, 5) is 15.2. The molecule has 0 fully saturated rings. The molecule has 1 heterocycles. The van der Waals surface area contributed by atoms with Crippen molar-refractivity contribution in [2.75, 3.05) is 5.75 Å². The Bertz CT molecular complexity index is 626. The molecule has 1 aromatic carbocycles. The maximum absolute atomic E-state index is 10.7. The van der Waals surface area contributed by atoms with Crippen molar-refractivity contribution in [1.82, 2.24) is 9.55 Å². The van der Waals surface area contributed by atoms with Crippen molar-refractivity contribution in [3.05, 3.63) is 47.3 Å². The van der Waals surface area contributed by atoms with Crippen molar-refractivity contribution >= 4 is 17.7 Å². The number of carbonyl (C=O) groups is 1. The number of rotatable bonds is 4. The molecule has 0 unspecified atom stereocenters. The molecule has 1 N–H and O–H groups in total. The summed E-state index contributed by atoms with van der Waals surface area (Å²) in [7, 11) is 0. The van der Waals surface area contributed by atoms with Gasteiger partial charge in [0.1, 0.15) is 0 Å². The number of carboxylic acid groups (broad SMARTS) is 1. The van der Waals surface area contributed by atoms with Crippen LogP contribution < -0.4 is 0 Å². The van der Waals surface area contributed by atoms with Gasteiger partial charge in [-0.15, -0.1) is 0 Å². The second-order valence-electron chi connectivity index (χ2n) is 5.09. The van der Waals surface area contributed by atoms with Crippen LogP contribution >= 0.6 is 11.8 Å². The Hall–Kier alpha value is -1.75. The molecule has 0 saturated heterocycles. The first-order valence-corrected chi connectivity index (χ1v) is 7.59. The van der Waals surface area contributed by atoms with Crippen LogP contribution in [0.25, 0.3) is 0 Å². The van der Waals surface area contributed by atoms with Gasteiger partial charge < -0.3 is 9.67 Å². The van der Waals surface area contributed by atoms with Crippen LogP contribution in [0.3, 0.4) is 0 Å². The highest BCUT2D eigenvalue weighted by Gasteiger charge is 2.24. The fraction of sp³-hybridized carbons (Fsp3) is 0.333. The normalized spacial score (nSPS) is 14.4. The summed E-state index contributed by atoms with van der Waals surface area (Å²) in [5.74, 6) is -0.757. The highest BCUT2D eigenvalue weighted by atomic mass is 32.2. The Morgan fingerprint density at radius 2 is 2.05 bits per heavy atom. The number of hydrogen-bond donors (Lipinski definition) is 1. The van der Waals surface area contributed by atoms with E-state index >= 15 is 0 Å². The molecule has 2 aromatic rings. The monoisotopic (exact) mass is 288 g/mol. The second-order valence-corrected chi connectivity index (χ2v) is 6.03. The predicted molar refractivity (Wildman–Crippen MR) is 78.2 cm³/mol. The molecule has 1 aliphatic rings. The summed E-state index contributed by atoms with van der Waals surface area (Å²) in [6.45, 7) is 1.95. The number of aryl methyl sites for hydroxylation is 1. The van der Waals surface area contributed by atoms with Gasteiger partial charge in [0.25, 0.3) is 0 Å². The Labute approximate surface area is 121 Å². The van der Waals surface area contributed by atoms with Crippen LogP contribution in [0.4, 0.5) is 0 Å². The van der Waals surface area contributed by atoms with Crippen LogP contribution in [0.15, 0.2) is 35.6 Å². The van der Waals surface area contributed by atoms with Gasteiger partial charge >= 0.3 is 5.97 Å². The highest BCUT2D eigenvalue weighted by molar-refractivity contribution is 7.99. The van der Waals surface area contributed by atoms with E-state index in [9.17, 15) is 4.79 Å². The zero-order valence-electron chi connectivity index (χ0n) is 11.2. The van der Waals surface area contributed by atoms with E-state index in [0.29, 0.717) is 6.04 Å². The molecule has 1 aliphatic carbocycles. The zero-order valence-corrected chi connectivity index (χ0v) is 12.1. The van der Waals surface area contributed by atoms with Crippen LogP contribution in [-0.4, -0.2) is 26.4 Å². The lowest BCUT2D eigenvalue weighted by Crippen LogP contribution is -2.10. The topological polar surface area (TPSA) is 55.1 Å². The van der Waals surface area contributed by atoms with E-state index in [2.05, 4.69) is 33.8 Å². The molecule has 1 aromatic heterocycles. The van der Waals surface area contributed by atoms with Crippen LogP contribution in [0.5, 0.6) is 0 Å². The first kappa shape index (κ1) is 13.2. The number of fused-ring (bicyclic) bond motifs is 1. The number of hydrogen-bond acceptors (Lipinski definition) is 3. The summed E-state index contributed by atoms with van der Waals surface area (Å²) in [5, 5.41) is 9.63. The quantitative estimate of drug-likeness (QED) is 0.879. The molecule has 0 saturated carbocycles. The molecule has 0 atom stereocenters. The summed E-state index contributed by atoms with van der Waals surface area (Å²) < 4.78 is 2.14. The van der Waals surface area contributed by atoms with Crippen molar-refractivity contribution < 1.29 is 9.90 Å². The van der Waals surface area contributed by atoms with Gasteiger partial charge in [-0.05, 0) is 30.9 Å². The summed E-state index contributed by atoms with van der Waals surface area (Å²) in [5.41, 5.74) is 3.71. The van der Waals surface area contributed by atoms with Crippen LogP contribution in [-0.2, 0) is 17.6 Å². The number of carboxylic acids is 1. The van der Waals surface area contributed by atoms with Gasteiger partial charge in [-0.25, -0.2) is 4.98 Å². The van der Waals surface area contributed by atoms with E-state index in [1.54, 1.807) is 0 Å². The first-order valence-electron chi connectivity index (χ1n) is 6.60. The number of aromatic nitrogens is 2. The molecule has 4 nitrogen and oxygen atoms in total. The molecule has 0 aliphatic heterocycles. The molecular weight excluding hydrogens is 272 g/mol. The van der Waals surface area contributed by atoms with E-state index in [-0.39, 0.29) is 5.75 Å². The minimum Gasteiger partial charge on any atom is -0.481 e. The van der Waals surface area contributed by atoms with Crippen molar-refractivity contribution in [3.8, 4) is 0 Å². The molecule has 0 radical (unpaired) electrons. The average molecular weight is 288 g/mol. The van der Waals surface area contributed by atoms with Gasteiger partial charge in [-0.2, -0.15) is 0 Å². The SMILES string of the molecule is Cc1cn(C2Cc3ccccc3C2)c(SCC(=O)O)n1. The van der Waals surface area contributed by atoms with Gasteiger partial charge in [-0.1, -0.05) is 36.0 Å². The van der Waals surface area contributed by atoms with Gasteiger partial charge in [0.05, 0.1) is 11.4 Å². The fourth-order valence-corrected chi connectivity index (χ4v) is 3.53. The third-order valence-corrected chi connectivity index (χ3v) is 4.52. The second kappa shape index (κ2) is 5.32. The maximum atomic E-state index is 10.7. The summed E-state index contributed by atoms with van der Waals surface area (Å²) in [6, 6.07) is 8.83. The molecule has 20 heavy (non-hydrogen) atoms. The molecule has 5 heteroatoms. The number of nitrogens with zero attached hydrogens (tertiary/aromatic N) is 2. The Balaban J connectivity index is 1.83. The standard InChI is InChI=1S/C15H16N2O2S/c1-10-8-17(15(16-10)20-9-14(18)19)13-6-11-4-2-3-5-12(11)7-13/h2-5,8,13H,6-7,9H2,1H3,(H,18,19). The van der Waals surface area contributed by atoms with Crippen LogP contribution in [0, 0.1) is 6.92 Å². The molecule has 3 rings (SSSR count). The molecular formula is C15H16N2O2S. The van der Waals surface area contributed by atoms with Gasteiger partial charge in [0, 0.05) is 12.2 Å². The fourth-order valence-electron chi connectivity index (χ4n) is 2.72. The Morgan fingerprint density at radius 3 is 2.65 bits per heavy atom. The lowest BCUT2D eigenvalue weighted by molar-refractivity contribution is -0.133. The molecule has 0 spiro atoms. The lowest BCUT2D eigenvalue weighted by Gasteiger charge is -2.14. The number of aliphatic carboxylic acids is 1. The Kier molecular flexibility index (Phi) is 3.53. The zero-order chi connectivity index (χ0) is 14.1. The largest absolute Gasteiger partial charge is 0.481 e. The molecule has 0 bridgehead atoms. The molecule has 104 valence electrons. The minimum absolute atomic E-state index is 0.0517. The van der Waals surface area contributed by atoms with Crippen molar-refractivity contribution in [1.29, 1.82) is 0 Å². The van der Waals surface area contributed by atoms with Crippen LogP contribution in [0.2, 0.25) is 0 Å². The van der Waals surface area contributed by atoms with E-state index < -0.39 is 5.97 Å². The highest BCUT2D eigenvalue weighted by Crippen LogP contribution is 2.33. The Morgan fingerprint density at radius 1 is 1.40 bits per heavy atom. The van der Waals surface area contributed by atoms with E-state index in [1.165, 1.54) is 22.9 Å². The van der Waals surface area contributed by atoms with E-state index in [1.807, 2.05) is 13.1 Å². The maximum Gasteiger partial charge on any atom is 0.313 e. The van der Waals surface area contributed by atoms with E-state index in [0.717, 1.165) is 23.7 Å². The minimum atomic E-state index is -0.808. The van der Waals surface area contributed by atoms with Gasteiger partial charge in [-0.3, -0.25) is 4.79 Å². The number of imidazole rings is 1. The van der Waals surface area contributed by atoms with Crippen molar-refractivity contribution in [3.63, 3.8) is 0 Å². The lowest BCUT2D eigenvalue weighted by atomic mass is 10.1. The number of benzene rings is 1. The summed E-state index contributed by atoms with van der Waals surface area (Å²) in [6.07, 6.45) is 4.01. The van der Waals surface area contributed by atoms with Crippen LogP contribution in [0.1, 0.15) is 22.9 Å². The first-order chi connectivity index (χ1) is 9.63. The van der Waals surface area contributed by atoms with Gasteiger partial charge in [0.15, 0.2) is 5.16 Å². The van der Waals surface area contributed by atoms with Crippen molar-refractivity contribution in [2.24, 2.45) is 0 Å². The van der Waals surface area contributed by atoms with E-state index in [4.69, 9.17) is 5.11 Å². The number of thioether (sulfide) groups is 1. The third kappa shape index (κ3) is 2.58. The molecule has 0 amide bonds. The van der Waals surface area contributed by atoms with Crippen molar-refractivity contribution in [2.45, 2.75) is 31.0 Å². The van der Waals surface area contributed by atoms with Gasteiger partial charge in [0.2, 0.25) is 0 Å². The third-order valence-electron chi connectivity index (χ3n) is 3.57. The summed E-state index contributed by atoms with van der Waals surface area (Å²) >= 11 is 1.29. The predicted octanol–water partition coefficient (Wildman–Crippen LogP) is 2.71.